The Hall–Kier alpha value is -1.42. The standard InChI is InChI=1S/C19H25N3O4S2/c1-11-19(25,6-7-26-11)10-20-15(23)9-27-8-14-21-17(24)16-12-4-2-3-5-13(12)28-18(16)22-14/h11,25H,2-10H2,1H3,(H,20,23)(H,21,22,24)/t11-,19-/m1/s1. The van der Waals surface area contributed by atoms with E-state index >= 15 is 0 Å². The summed E-state index contributed by atoms with van der Waals surface area (Å²) < 4.78 is 5.37. The second-order valence-electron chi connectivity index (χ2n) is 7.54. The molecule has 0 unspecified atom stereocenters. The van der Waals surface area contributed by atoms with Crippen molar-refractivity contribution < 1.29 is 14.6 Å². The minimum Gasteiger partial charge on any atom is -0.385 e. The Kier molecular flexibility index (Phi) is 5.78. The van der Waals surface area contributed by atoms with Gasteiger partial charge < -0.3 is 20.1 Å². The highest BCUT2D eigenvalue weighted by Gasteiger charge is 2.39. The second kappa shape index (κ2) is 8.14. The highest BCUT2D eigenvalue weighted by molar-refractivity contribution is 7.99. The second-order valence-corrected chi connectivity index (χ2v) is 9.61. The number of amides is 1. The van der Waals surface area contributed by atoms with Crippen LogP contribution in [0.3, 0.4) is 0 Å². The molecular weight excluding hydrogens is 398 g/mol. The van der Waals surface area contributed by atoms with Crippen molar-refractivity contribution in [3.05, 3.63) is 26.6 Å². The van der Waals surface area contributed by atoms with Gasteiger partial charge in [-0.2, -0.15) is 0 Å². The van der Waals surface area contributed by atoms with Gasteiger partial charge in [0, 0.05) is 24.4 Å². The number of fused-ring (bicyclic) bond motifs is 3. The van der Waals surface area contributed by atoms with Crippen LogP contribution in [0.15, 0.2) is 4.79 Å². The van der Waals surface area contributed by atoms with Crippen molar-refractivity contribution >= 4 is 39.2 Å². The molecule has 2 aromatic heterocycles. The quantitative estimate of drug-likeness (QED) is 0.654. The zero-order valence-corrected chi connectivity index (χ0v) is 17.5. The Bertz CT molecular complexity index is 941. The van der Waals surface area contributed by atoms with Gasteiger partial charge in [0.2, 0.25) is 5.91 Å². The first kappa shape index (κ1) is 19.9. The summed E-state index contributed by atoms with van der Waals surface area (Å²) in [6.07, 6.45) is 4.55. The first-order valence-corrected chi connectivity index (χ1v) is 11.7. The average Bonchev–Trinajstić information content (AvgIpc) is 3.20. The van der Waals surface area contributed by atoms with Crippen LogP contribution in [0.4, 0.5) is 0 Å². The molecule has 2 atom stereocenters. The van der Waals surface area contributed by atoms with Gasteiger partial charge in [0.25, 0.3) is 5.56 Å². The molecule has 1 saturated heterocycles. The number of thioether (sulfide) groups is 1. The summed E-state index contributed by atoms with van der Waals surface area (Å²) in [5, 5.41) is 14.0. The van der Waals surface area contributed by atoms with E-state index in [1.165, 1.54) is 28.6 Å². The van der Waals surface area contributed by atoms with E-state index in [2.05, 4.69) is 15.3 Å². The van der Waals surface area contributed by atoms with E-state index in [4.69, 9.17) is 4.74 Å². The SMILES string of the molecule is C[C@H]1OCC[C@@]1(O)CNC(=O)CSCc1nc2sc3c(c2c(=O)[nH]1)CCCC3. The molecule has 28 heavy (non-hydrogen) atoms. The number of aliphatic hydroxyl groups is 1. The van der Waals surface area contributed by atoms with Gasteiger partial charge in [-0.1, -0.05) is 0 Å². The summed E-state index contributed by atoms with van der Waals surface area (Å²) in [5.41, 5.74) is 0.125. The molecule has 2 aromatic rings. The van der Waals surface area contributed by atoms with Crippen LogP contribution in [0, 0.1) is 0 Å². The van der Waals surface area contributed by atoms with E-state index in [1.54, 1.807) is 11.3 Å². The Labute approximate surface area is 171 Å². The Morgan fingerprint density at radius 3 is 3.07 bits per heavy atom. The number of hydrogen-bond acceptors (Lipinski definition) is 7. The third kappa shape index (κ3) is 3.98. The molecule has 1 aliphatic carbocycles. The number of aromatic amines is 1. The fraction of sp³-hybridized carbons (Fsp3) is 0.632. The van der Waals surface area contributed by atoms with Gasteiger partial charge >= 0.3 is 0 Å². The normalized spacial score (nSPS) is 24.4. The van der Waals surface area contributed by atoms with Crippen molar-refractivity contribution in [2.75, 3.05) is 18.9 Å². The maximum absolute atomic E-state index is 12.5. The molecule has 1 fully saturated rings. The van der Waals surface area contributed by atoms with Crippen molar-refractivity contribution in [1.82, 2.24) is 15.3 Å². The number of aryl methyl sites for hydroxylation is 2. The molecule has 3 heterocycles. The minimum atomic E-state index is -0.990. The molecule has 7 nitrogen and oxygen atoms in total. The zero-order chi connectivity index (χ0) is 19.7. The summed E-state index contributed by atoms with van der Waals surface area (Å²) in [7, 11) is 0. The molecule has 1 aliphatic heterocycles. The maximum atomic E-state index is 12.5. The molecule has 0 radical (unpaired) electrons. The highest BCUT2D eigenvalue weighted by atomic mass is 32.2. The van der Waals surface area contributed by atoms with Crippen molar-refractivity contribution in [2.45, 2.75) is 56.5 Å². The number of aromatic nitrogens is 2. The van der Waals surface area contributed by atoms with Crippen LogP contribution in [-0.2, 0) is 28.1 Å². The summed E-state index contributed by atoms with van der Waals surface area (Å²) in [6.45, 7) is 2.51. The number of rotatable bonds is 6. The number of ether oxygens (including phenoxy) is 1. The van der Waals surface area contributed by atoms with E-state index in [-0.39, 0.29) is 29.9 Å². The summed E-state index contributed by atoms with van der Waals surface area (Å²) in [4.78, 5) is 34.2. The van der Waals surface area contributed by atoms with E-state index in [0.717, 1.165) is 29.5 Å². The maximum Gasteiger partial charge on any atom is 0.259 e. The van der Waals surface area contributed by atoms with Crippen LogP contribution in [0.5, 0.6) is 0 Å². The third-order valence-electron chi connectivity index (χ3n) is 5.60. The van der Waals surface area contributed by atoms with E-state index < -0.39 is 5.60 Å². The van der Waals surface area contributed by atoms with Gasteiger partial charge in [-0.25, -0.2) is 4.98 Å². The molecule has 0 aromatic carbocycles. The van der Waals surface area contributed by atoms with Crippen LogP contribution < -0.4 is 10.9 Å². The van der Waals surface area contributed by atoms with Gasteiger partial charge in [0.15, 0.2) is 0 Å². The molecule has 9 heteroatoms. The fourth-order valence-electron chi connectivity index (χ4n) is 3.82. The van der Waals surface area contributed by atoms with Crippen LogP contribution in [0.2, 0.25) is 0 Å². The smallest absolute Gasteiger partial charge is 0.259 e. The van der Waals surface area contributed by atoms with Gasteiger partial charge in [-0.05, 0) is 38.2 Å². The Morgan fingerprint density at radius 2 is 2.29 bits per heavy atom. The highest BCUT2D eigenvalue weighted by Crippen LogP contribution is 2.33. The van der Waals surface area contributed by atoms with Gasteiger partial charge in [0.1, 0.15) is 16.3 Å². The lowest BCUT2D eigenvalue weighted by atomic mass is 9.97. The molecule has 152 valence electrons. The lowest BCUT2D eigenvalue weighted by Gasteiger charge is -2.26. The van der Waals surface area contributed by atoms with Gasteiger partial charge in [0.05, 0.1) is 23.0 Å². The number of carbonyl (C=O) groups excluding carboxylic acids is 1. The van der Waals surface area contributed by atoms with Crippen molar-refractivity contribution in [2.24, 2.45) is 0 Å². The molecule has 1 amide bonds. The Balaban J connectivity index is 1.33. The first-order chi connectivity index (χ1) is 13.5. The van der Waals surface area contributed by atoms with Crippen LogP contribution in [0.1, 0.15) is 42.5 Å². The molecular formula is C19H25N3O4S2. The number of H-pyrrole nitrogens is 1. The monoisotopic (exact) mass is 423 g/mol. The molecule has 3 N–H and O–H groups in total. The summed E-state index contributed by atoms with van der Waals surface area (Å²) in [6, 6.07) is 0. The van der Waals surface area contributed by atoms with Crippen molar-refractivity contribution in [3.63, 3.8) is 0 Å². The zero-order valence-electron chi connectivity index (χ0n) is 15.9. The molecule has 2 aliphatic rings. The largest absolute Gasteiger partial charge is 0.385 e. The number of thiophene rings is 1. The van der Waals surface area contributed by atoms with E-state index in [1.807, 2.05) is 6.92 Å². The number of hydrogen-bond donors (Lipinski definition) is 3. The van der Waals surface area contributed by atoms with Gasteiger partial charge in [-0.3, -0.25) is 9.59 Å². The number of nitrogens with zero attached hydrogens (tertiary/aromatic N) is 1. The van der Waals surface area contributed by atoms with E-state index in [0.29, 0.717) is 24.6 Å². The van der Waals surface area contributed by atoms with Crippen molar-refractivity contribution in [3.8, 4) is 0 Å². The first-order valence-electron chi connectivity index (χ1n) is 9.68. The lowest BCUT2D eigenvalue weighted by molar-refractivity contribution is -0.120. The minimum absolute atomic E-state index is 0.0677. The topological polar surface area (TPSA) is 104 Å². The molecule has 0 saturated carbocycles. The van der Waals surface area contributed by atoms with Gasteiger partial charge in [-0.15, -0.1) is 23.1 Å². The number of nitrogens with one attached hydrogen (secondary N) is 2. The lowest BCUT2D eigenvalue weighted by Crippen LogP contribution is -2.47. The summed E-state index contributed by atoms with van der Waals surface area (Å²) >= 11 is 3.03. The van der Waals surface area contributed by atoms with Crippen LogP contribution >= 0.6 is 23.1 Å². The summed E-state index contributed by atoms with van der Waals surface area (Å²) in [5.74, 6) is 1.16. The van der Waals surface area contributed by atoms with Crippen LogP contribution in [-0.4, -0.2) is 51.6 Å². The van der Waals surface area contributed by atoms with Crippen molar-refractivity contribution in [1.29, 1.82) is 0 Å². The van der Waals surface area contributed by atoms with Crippen LogP contribution in [0.25, 0.3) is 10.2 Å². The fourth-order valence-corrected chi connectivity index (χ4v) is 5.82. The average molecular weight is 424 g/mol. The predicted octanol–water partition coefficient (Wildman–Crippen LogP) is 1.75. The third-order valence-corrected chi connectivity index (χ3v) is 7.73. The molecule has 4 rings (SSSR count). The Morgan fingerprint density at radius 1 is 1.46 bits per heavy atom. The molecule has 0 spiro atoms. The van der Waals surface area contributed by atoms with E-state index in [9.17, 15) is 14.7 Å². The predicted molar refractivity (Wildman–Crippen MR) is 111 cm³/mol. The molecule has 0 bridgehead atoms. The number of carbonyl (C=O) groups is 1.